The van der Waals surface area contributed by atoms with Crippen LogP contribution in [0.5, 0.6) is 11.5 Å². The first-order chi connectivity index (χ1) is 21.1. The van der Waals surface area contributed by atoms with Crippen LogP contribution in [0.1, 0.15) is 36.8 Å². The standard InChI is InChI=1S/C35H31ClN2O6/c1-35-27(32(42)38(34(35)44)20-5-3-2-4-6-20)18-26-23(30(35)24-12-11-22(40)17-28(24)36)13-14-25-29(26)33(43)37(31(25)41)16-15-19-7-9-21(39)10-8-19/h2-13,17,25-27,29-30,39-40H,14-16,18H2,1H3/t25-,26+,27-,29-,30+,35+/m0/s1. The van der Waals surface area contributed by atoms with Crippen molar-refractivity contribution in [2.45, 2.75) is 32.1 Å². The highest BCUT2D eigenvalue weighted by molar-refractivity contribution is 6.32. The Morgan fingerprint density at radius 3 is 2.27 bits per heavy atom. The molecular formula is C35H31ClN2O6. The van der Waals surface area contributed by atoms with Crippen LogP contribution in [0.15, 0.2) is 84.4 Å². The number of phenolic OH excluding ortho intramolecular Hbond substituents is 2. The van der Waals surface area contributed by atoms with Crippen LogP contribution in [0, 0.1) is 29.1 Å². The molecule has 4 aliphatic rings. The molecule has 0 unspecified atom stereocenters. The summed E-state index contributed by atoms with van der Waals surface area (Å²) in [5, 5.41) is 20.0. The quantitative estimate of drug-likeness (QED) is 0.302. The zero-order chi connectivity index (χ0) is 30.9. The largest absolute Gasteiger partial charge is 0.508 e. The Morgan fingerprint density at radius 1 is 0.864 bits per heavy atom. The predicted octanol–water partition coefficient (Wildman–Crippen LogP) is 5.22. The van der Waals surface area contributed by atoms with Crippen molar-refractivity contribution >= 4 is 40.9 Å². The Kier molecular flexibility index (Phi) is 6.66. The van der Waals surface area contributed by atoms with Crippen molar-refractivity contribution in [3.8, 4) is 11.5 Å². The van der Waals surface area contributed by atoms with Gasteiger partial charge in [-0.25, -0.2) is 4.90 Å². The van der Waals surface area contributed by atoms with Crippen LogP contribution in [0.25, 0.3) is 0 Å². The average molecular weight is 611 g/mol. The third-order valence-corrected chi connectivity index (χ3v) is 10.6. The number of likely N-dealkylation sites (tertiary alicyclic amines) is 1. The predicted molar refractivity (Wildman–Crippen MR) is 163 cm³/mol. The van der Waals surface area contributed by atoms with Crippen molar-refractivity contribution in [2.75, 3.05) is 11.4 Å². The monoisotopic (exact) mass is 610 g/mol. The number of nitrogens with zero attached hydrogens (tertiary/aromatic N) is 2. The lowest BCUT2D eigenvalue weighted by atomic mass is 9.51. The van der Waals surface area contributed by atoms with Crippen molar-refractivity contribution in [3.05, 3.63) is 101 Å². The SMILES string of the molecule is C[C@@]12C(=O)N(c3ccccc3)C(=O)[C@@H]1C[C@@H]1C(=CC[C@@H]3C(=O)N(CCc4ccc(O)cc4)C(=O)[C@@H]31)[C@@H]2c1ccc(O)cc1Cl. The van der Waals surface area contributed by atoms with E-state index < -0.39 is 35.0 Å². The number of para-hydroxylation sites is 1. The summed E-state index contributed by atoms with van der Waals surface area (Å²) in [4.78, 5) is 58.8. The summed E-state index contributed by atoms with van der Waals surface area (Å²) in [7, 11) is 0. The highest BCUT2D eigenvalue weighted by Gasteiger charge is 2.67. The molecule has 0 radical (unpaired) electrons. The van der Waals surface area contributed by atoms with E-state index in [2.05, 4.69) is 0 Å². The van der Waals surface area contributed by atoms with E-state index in [1.807, 2.05) is 19.1 Å². The molecule has 2 aliphatic carbocycles. The zero-order valence-corrected chi connectivity index (χ0v) is 24.8. The number of allylic oxidation sites excluding steroid dienone is 2. The summed E-state index contributed by atoms with van der Waals surface area (Å²) in [6.45, 7) is 2.02. The molecule has 0 spiro atoms. The minimum Gasteiger partial charge on any atom is -0.508 e. The van der Waals surface area contributed by atoms with Gasteiger partial charge in [0.1, 0.15) is 11.5 Å². The smallest absolute Gasteiger partial charge is 0.241 e. The molecule has 0 bridgehead atoms. The molecule has 3 aromatic carbocycles. The van der Waals surface area contributed by atoms with E-state index in [1.165, 1.54) is 21.9 Å². The Hall–Kier alpha value is -4.43. The van der Waals surface area contributed by atoms with E-state index in [0.29, 0.717) is 24.1 Å². The summed E-state index contributed by atoms with van der Waals surface area (Å²) in [5.41, 5.74) is 1.62. The summed E-state index contributed by atoms with van der Waals surface area (Å²) in [5.74, 6) is -4.05. The first-order valence-corrected chi connectivity index (χ1v) is 15.2. The van der Waals surface area contributed by atoms with Crippen LogP contribution in [0.2, 0.25) is 5.02 Å². The molecule has 2 heterocycles. The molecule has 7 rings (SSSR count). The van der Waals surface area contributed by atoms with E-state index in [9.17, 15) is 29.4 Å². The van der Waals surface area contributed by atoms with Crippen LogP contribution >= 0.6 is 11.6 Å². The van der Waals surface area contributed by atoms with E-state index in [4.69, 9.17) is 11.6 Å². The van der Waals surface area contributed by atoms with Crippen molar-refractivity contribution in [2.24, 2.45) is 29.1 Å². The molecule has 2 saturated heterocycles. The zero-order valence-electron chi connectivity index (χ0n) is 24.0. The summed E-state index contributed by atoms with van der Waals surface area (Å²) in [6.07, 6.45) is 3.04. The van der Waals surface area contributed by atoms with Crippen molar-refractivity contribution in [3.63, 3.8) is 0 Å². The van der Waals surface area contributed by atoms with E-state index >= 15 is 0 Å². The molecule has 8 nitrogen and oxygen atoms in total. The Morgan fingerprint density at radius 2 is 1.57 bits per heavy atom. The molecule has 2 N–H and O–H groups in total. The fourth-order valence-corrected chi connectivity index (χ4v) is 8.41. The van der Waals surface area contributed by atoms with E-state index in [1.54, 1.807) is 54.6 Å². The number of anilines is 1. The fourth-order valence-electron chi connectivity index (χ4n) is 8.12. The van der Waals surface area contributed by atoms with Gasteiger partial charge in [-0.05, 0) is 79.6 Å². The van der Waals surface area contributed by atoms with Crippen molar-refractivity contribution < 1.29 is 29.4 Å². The minimum absolute atomic E-state index is 0.0222. The van der Waals surface area contributed by atoms with Gasteiger partial charge in [0.2, 0.25) is 23.6 Å². The highest BCUT2D eigenvalue weighted by Crippen LogP contribution is 2.64. The third kappa shape index (κ3) is 4.11. The van der Waals surface area contributed by atoms with Gasteiger partial charge < -0.3 is 10.2 Å². The van der Waals surface area contributed by atoms with E-state index in [-0.39, 0.29) is 53.1 Å². The van der Waals surface area contributed by atoms with Crippen LogP contribution < -0.4 is 4.90 Å². The second-order valence-electron chi connectivity index (χ2n) is 12.4. The van der Waals surface area contributed by atoms with Crippen molar-refractivity contribution in [1.82, 2.24) is 4.90 Å². The van der Waals surface area contributed by atoms with Gasteiger partial charge >= 0.3 is 0 Å². The van der Waals surface area contributed by atoms with Gasteiger partial charge in [0.25, 0.3) is 0 Å². The second-order valence-corrected chi connectivity index (χ2v) is 12.9. The van der Waals surface area contributed by atoms with Gasteiger partial charge in [-0.3, -0.25) is 24.1 Å². The molecule has 1 saturated carbocycles. The number of hydrogen-bond donors (Lipinski definition) is 2. The Balaban J connectivity index is 1.29. The Bertz CT molecular complexity index is 1740. The molecule has 224 valence electrons. The summed E-state index contributed by atoms with van der Waals surface area (Å²) < 4.78 is 0. The maximum atomic E-state index is 14.4. The van der Waals surface area contributed by atoms with Crippen LogP contribution in [-0.2, 0) is 25.6 Å². The molecule has 44 heavy (non-hydrogen) atoms. The van der Waals surface area contributed by atoms with Gasteiger partial charge in [-0.2, -0.15) is 0 Å². The molecule has 9 heteroatoms. The highest BCUT2D eigenvalue weighted by atomic mass is 35.5. The average Bonchev–Trinajstić information content (AvgIpc) is 3.37. The van der Waals surface area contributed by atoms with Crippen LogP contribution in [0.3, 0.4) is 0 Å². The summed E-state index contributed by atoms with van der Waals surface area (Å²) >= 11 is 6.74. The normalized spacial score (nSPS) is 29.4. The number of hydrogen-bond acceptors (Lipinski definition) is 6. The lowest BCUT2D eigenvalue weighted by molar-refractivity contribution is -0.140. The fraction of sp³-hybridized carbons (Fsp3) is 0.314. The number of amides is 4. The molecule has 4 amide bonds. The topological polar surface area (TPSA) is 115 Å². The number of carbonyl (C=O) groups excluding carboxylic acids is 4. The van der Waals surface area contributed by atoms with Gasteiger partial charge in [-0.15, -0.1) is 0 Å². The lowest BCUT2D eigenvalue weighted by Gasteiger charge is -2.49. The number of halogens is 1. The second kappa shape index (κ2) is 10.3. The van der Waals surface area contributed by atoms with Crippen LogP contribution in [-0.4, -0.2) is 45.3 Å². The Labute approximate surface area is 259 Å². The first kappa shape index (κ1) is 28.3. The van der Waals surface area contributed by atoms with Gasteiger partial charge in [0.05, 0.1) is 28.9 Å². The number of phenols is 2. The van der Waals surface area contributed by atoms with Gasteiger partial charge in [0.15, 0.2) is 0 Å². The first-order valence-electron chi connectivity index (χ1n) is 14.9. The summed E-state index contributed by atoms with van der Waals surface area (Å²) in [6, 6.07) is 20.1. The number of fused-ring (bicyclic) bond motifs is 4. The van der Waals surface area contributed by atoms with Crippen molar-refractivity contribution in [1.29, 1.82) is 0 Å². The molecule has 2 aliphatic heterocycles. The third-order valence-electron chi connectivity index (χ3n) is 10.2. The number of rotatable bonds is 5. The maximum Gasteiger partial charge on any atom is 0.241 e. The molecule has 3 aromatic rings. The number of imide groups is 2. The molecule has 6 atom stereocenters. The maximum absolute atomic E-state index is 14.4. The number of carbonyl (C=O) groups is 4. The molecule has 0 aromatic heterocycles. The van der Waals surface area contributed by atoms with Gasteiger partial charge in [0, 0.05) is 17.5 Å². The van der Waals surface area contributed by atoms with Crippen LogP contribution in [0.4, 0.5) is 5.69 Å². The molecular weight excluding hydrogens is 580 g/mol. The number of benzene rings is 3. The van der Waals surface area contributed by atoms with Gasteiger partial charge in [-0.1, -0.05) is 59.6 Å². The molecule has 3 fully saturated rings. The lowest BCUT2D eigenvalue weighted by Crippen LogP contribution is -2.49. The number of aromatic hydroxyl groups is 2. The minimum atomic E-state index is -1.20. The van der Waals surface area contributed by atoms with E-state index in [0.717, 1.165) is 11.1 Å².